The lowest BCUT2D eigenvalue weighted by atomic mass is 9.55. The smallest absolute Gasteiger partial charge is 0.343 e. The zero-order valence-corrected chi connectivity index (χ0v) is 27.4. The van der Waals surface area contributed by atoms with Gasteiger partial charge in [0, 0.05) is 17.4 Å². The second kappa shape index (κ2) is 12.3. The Morgan fingerprint density at radius 1 is 0.708 bits per heavy atom. The molecule has 0 radical (unpaired) electrons. The Morgan fingerprint density at radius 2 is 1.21 bits per heavy atom. The average molecular weight is 683 g/mol. The minimum atomic E-state index is -1.20. The molecule has 1 saturated heterocycles. The zero-order valence-electron chi connectivity index (χ0n) is 25.9. The molecular formula is C38H29Cl2NO7. The summed E-state index contributed by atoms with van der Waals surface area (Å²) in [6.45, 7) is 2.88. The number of imide groups is 1. The number of hydrogen-bond donors (Lipinski definition) is 0. The molecule has 4 aliphatic rings. The van der Waals surface area contributed by atoms with Gasteiger partial charge in [0.1, 0.15) is 11.8 Å². The summed E-state index contributed by atoms with van der Waals surface area (Å²) >= 11 is 11.9. The number of carbonyl (C=O) groups excluding carboxylic acids is 5. The fourth-order valence-electron chi connectivity index (χ4n) is 7.45. The third-order valence-corrected chi connectivity index (χ3v) is 10.3. The summed E-state index contributed by atoms with van der Waals surface area (Å²) in [6.07, 6.45) is 0. The Bertz CT molecular complexity index is 1890. The Morgan fingerprint density at radius 3 is 1.69 bits per heavy atom. The molecule has 0 saturated carbocycles. The van der Waals surface area contributed by atoms with E-state index < -0.39 is 59.9 Å². The van der Waals surface area contributed by atoms with Crippen LogP contribution < -0.4 is 4.74 Å². The number of nitrogens with zero attached hydrogens (tertiary/aromatic N) is 1. The zero-order chi connectivity index (χ0) is 33.9. The van der Waals surface area contributed by atoms with Crippen LogP contribution in [0.2, 0.25) is 10.0 Å². The molecule has 8 rings (SSSR count). The summed E-state index contributed by atoms with van der Waals surface area (Å²) in [4.78, 5) is 68.5. The van der Waals surface area contributed by atoms with Gasteiger partial charge in [-0.2, -0.15) is 0 Å². The SMILES string of the molecule is CC(C)[C@@H](C(=O)OCC(=O)c1ccc(OC(=O)c2ccc(Cl)c(Cl)c2)cc1)N1C(=O)C2C3c4ccccc4C(c4ccccc43)C2C1=O. The Balaban J connectivity index is 1.05. The van der Waals surface area contributed by atoms with Crippen LogP contribution in [0, 0.1) is 17.8 Å². The molecule has 3 atom stereocenters. The van der Waals surface area contributed by atoms with Crippen molar-refractivity contribution in [2.75, 3.05) is 6.61 Å². The number of ether oxygens (including phenoxy) is 2. The number of likely N-dealkylation sites (tertiary alicyclic amines) is 1. The minimum absolute atomic E-state index is 0.185. The van der Waals surface area contributed by atoms with E-state index in [2.05, 4.69) is 0 Å². The second-order valence-electron chi connectivity index (χ2n) is 12.6. The standard InChI is InChI=1S/C38H29Cl2NO7/c1-19(2)34(38(46)47-18-29(42)20-11-14-22(15-12-20)48-37(45)21-13-16-27(39)28(40)17-21)41-35(43)32-30-23-7-3-4-8-24(23)31(33(32)36(41)44)26-10-6-5-9-25(26)30/h3-17,19,30-34H,18H2,1-2H3/t30?,31?,32?,33?,34-/m0/s1. The maximum Gasteiger partial charge on any atom is 0.343 e. The molecule has 0 spiro atoms. The van der Waals surface area contributed by atoms with Crippen LogP contribution in [0.4, 0.5) is 0 Å². The van der Waals surface area contributed by atoms with Gasteiger partial charge in [-0.25, -0.2) is 9.59 Å². The maximum absolute atomic E-state index is 14.2. The van der Waals surface area contributed by atoms with Crippen LogP contribution in [0.5, 0.6) is 5.75 Å². The predicted octanol–water partition coefficient (Wildman–Crippen LogP) is 6.86. The monoisotopic (exact) mass is 681 g/mol. The van der Waals surface area contributed by atoms with Gasteiger partial charge in [-0.15, -0.1) is 0 Å². The molecular weight excluding hydrogens is 653 g/mol. The normalized spacial score (nSPS) is 21.0. The van der Waals surface area contributed by atoms with E-state index in [0.717, 1.165) is 27.2 Å². The van der Waals surface area contributed by atoms with Crippen molar-refractivity contribution in [2.24, 2.45) is 17.8 Å². The molecule has 2 amide bonds. The quantitative estimate of drug-likeness (QED) is 0.0866. The highest BCUT2D eigenvalue weighted by atomic mass is 35.5. The van der Waals surface area contributed by atoms with Crippen LogP contribution >= 0.6 is 23.2 Å². The minimum Gasteiger partial charge on any atom is -0.456 e. The van der Waals surface area contributed by atoms with E-state index in [1.165, 1.54) is 42.5 Å². The number of esters is 2. The first-order chi connectivity index (χ1) is 23.1. The molecule has 3 aliphatic carbocycles. The van der Waals surface area contributed by atoms with Crippen LogP contribution in [0.3, 0.4) is 0 Å². The fourth-order valence-corrected chi connectivity index (χ4v) is 7.75. The Labute approximate surface area is 286 Å². The molecule has 0 N–H and O–H groups in total. The first-order valence-corrected chi connectivity index (χ1v) is 16.3. The van der Waals surface area contributed by atoms with Gasteiger partial charge in [0.15, 0.2) is 12.4 Å². The van der Waals surface area contributed by atoms with Crippen molar-refractivity contribution in [2.45, 2.75) is 31.7 Å². The summed E-state index contributed by atoms with van der Waals surface area (Å²) in [5.74, 6) is -4.92. The van der Waals surface area contributed by atoms with Gasteiger partial charge in [-0.05, 0) is 70.6 Å². The molecule has 4 aromatic carbocycles. The van der Waals surface area contributed by atoms with Gasteiger partial charge < -0.3 is 9.47 Å². The first-order valence-electron chi connectivity index (χ1n) is 15.6. The second-order valence-corrected chi connectivity index (χ2v) is 13.4. The van der Waals surface area contributed by atoms with E-state index in [-0.39, 0.29) is 33.7 Å². The number of ketones is 1. The number of amides is 2. The highest BCUT2D eigenvalue weighted by Gasteiger charge is 2.63. The lowest BCUT2D eigenvalue weighted by molar-refractivity contribution is -0.160. The molecule has 4 aromatic rings. The van der Waals surface area contributed by atoms with Crippen molar-refractivity contribution in [3.8, 4) is 5.75 Å². The maximum atomic E-state index is 14.2. The van der Waals surface area contributed by atoms with Crippen molar-refractivity contribution in [1.82, 2.24) is 4.90 Å². The van der Waals surface area contributed by atoms with Gasteiger partial charge in [-0.3, -0.25) is 19.3 Å². The Kier molecular flexibility index (Phi) is 8.17. The molecule has 2 bridgehead atoms. The van der Waals surface area contributed by atoms with Crippen LogP contribution in [-0.2, 0) is 19.1 Å². The number of benzene rings is 4. The van der Waals surface area contributed by atoms with Crippen molar-refractivity contribution in [1.29, 1.82) is 0 Å². The van der Waals surface area contributed by atoms with Gasteiger partial charge in [0.25, 0.3) is 0 Å². The molecule has 0 aromatic heterocycles. The molecule has 1 heterocycles. The van der Waals surface area contributed by atoms with E-state index in [1.54, 1.807) is 13.8 Å². The van der Waals surface area contributed by atoms with Gasteiger partial charge in [0.05, 0.1) is 27.4 Å². The van der Waals surface area contributed by atoms with Crippen molar-refractivity contribution >= 4 is 52.7 Å². The van der Waals surface area contributed by atoms with Gasteiger partial charge in [-0.1, -0.05) is 85.6 Å². The molecule has 1 fully saturated rings. The van der Waals surface area contributed by atoms with E-state index in [9.17, 15) is 24.0 Å². The fraction of sp³-hybridized carbons (Fsp3) is 0.237. The third kappa shape index (κ3) is 5.20. The summed E-state index contributed by atoms with van der Waals surface area (Å²) in [6, 6.07) is 24.8. The van der Waals surface area contributed by atoms with E-state index in [1.807, 2.05) is 48.5 Å². The molecule has 1 aliphatic heterocycles. The largest absolute Gasteiger partial charge is 0.456 e. The molecule has 2 unspecified atom stereocenters. The highest BCUT2D eigenvalue weighted by Crippen LogP contribution is 2.61. The molecule has 242 valence electrons. The highest BCUT2D eigenvalue weighted by molar-refractivity contribution is 6.42. The van der Waals surface area contributed by atoms with Crippen LogP contribution in [0.25, 0.3) is 0 Å². The summed E-state index contributed by atoms with van der Waals surface area (Å²) < 4.78 is 10.8. The summed E-state index contributed by atoms with van der Waals surface area (Å²) in [5.41, 5.74) is 4.56. The van der Waals surface area contributed by atoms with Crippen LogP contribution in [0.1, 0.15) is 68.7 Å². The first kappa shape index (κ1) is 31.8. The van der Waals surface area contributed by atoms with Gasteiger partial charge in [0.2, 0.25) is 11.8 Å². The van der Waals surface area contributed by atoms with E-state index in [4.69, 9.17) is 32.7 Å². The van der Waals surface area contributed by atoms with E-state index >= 15 is 0 Å². The lowest BCUT2D eigenvalue weighted by Gasteiger charge is -2.45. The lowest BCUT2D eigenvalue weighted by Crippen LogP contribution is -2.49. The van der Waals surface area contributed by atoms with Gasteiger partial charge >= 0.3 is 11.9 Å². The number of carbonyl (C=O) groups is 5. The number of rotatable bonds is 8. The van der Waals surface area contributed by atoms with E-state index in [0.29, 0.717) is 5.02 Å². The number of hydrogen-bond acceptors (Lipinski definition) is 7. The Hall–Kier alpha value is -4.79. The third-order valence-electron chi connectivity index (χ3n) is 9.52. The predicted molar refractivity (Wildman–Crippen MR) is 177 cm³/mol. The molecule has 48 heavy (non-hydrogen) atoms. The van der Waals surface area contributed by atoms with Crippen LogP contribution in [-0.4, -0.2) is 47.1 Å². The number of halogens is 2. The summed E-state index contributed by atoms with van der Waals surface area (Å²) in [7, 11) is 0. The topological polar surface area (TPSA) is 107 Å². The van der Waals surface area contributed by atoms with Crippen molar-refractivity contribution < 1.29 is 33.4 Å². The number of Topliss-reactive ketones (excluding diaryl/α,β-unsaturated/α-hetero) is 1. The van der Waals surface area contributed by atoms with Crippen molar-refractivity contribution in [3.05, 3.63) is 134 Å². The molecule has 8 nitrogen and oxygen atoms in total. The molecule has 10 heteroatoms. The van der Waals surface area contributed by atoms with Crippen LogP contribution in [0.15, 0.2) is 91.0 Å². The average Bonchev–Trinajstić information content (AvgIpc) is 3.34. The van der Waals surface area contributed by atoms with Crippen molar-refractivity contribution in [3.63, 3.8) is 0 Å². The summed E-state index contributed by atoms with van der Waals surface area (Å²) in [5, 5.41) is 0.512.